The zero-order chi connectivity index (χ0) is 16.0. The van der Waals surface area contributed by atoms with Crippen LogP contribution in [0.15, 0.2) is 17.6 Å². The summed E-state index contributed by atoms with van der Waals surface area (Å²) < 4.78 is 0. The van der Waals surface area contributed by atoms with Gasteiger partial charge in [-0.05, 0) is 56.5 Å². The van der Waals surface area contributed by atoms with Gasteiger partial charge in [0, 0.05) is 11.9 Å². The van der Waals surface area contributed by atoms with E-state index in [1.165, 1.54) is 18.4 Å². The first-order chi connectivity index (χ1) is 11.1. The third-order valence-electron chi connectivity index (χ3n) is 4.21. The maximum atomic E-state index is 4.66. The van der Waals surface area contributed by atoms with E-state index in [2.05, 4.69) is 37.6 Å². The summed E-state index contributed by atoms with van der Waals surface area (Å²) in [5.41, 5.74) is 2.21. The number of nitrogens with zero attached hydrogens (tertiary/aromatic N) is 4. The Morgan fingerprint density at radius 2 is 2.00 bits per heavy atom. The number of rotatable bonds is 4. The Bertz CT molecular complexity index is 869. The number of nitrogens with one attached hydrogen (secondary N) is 1. The summed E-state index contributed by atoms with van der Waals surface area (Å²) in [5.74, 6) is 3.15. The van der Waals surface area contributed by atoms with Crippen LogP contribution in [0.4, 0.5) is 5.82 Å². The van der Waals surface area contributed by atoms with Crippen molar-refractivity contribution in [1.82, 2.24) is 19.9 Å². The van der Waals surface area contributed by atoms with Crippen LogP contribution >= 0.6 is 11.3 Å². The highest BCUT2D eigenvalue weighted by Crippen LogP contribution is 2.42. The molecule has 0 radical (unpaired) electrons. The van der Waals surface area contributed by atoms with Crippen LogP contribution in [0.25, 0.3) is 10.2 Å². The molecule has 0 spiro atoms. The molecule has 6 heteroatoms. The monoisotopic (exact) mass is 325 g/mol. The van der Waals surface area contributed by atoms with E-state index in [4.69, 9.17) is 0 Å². The second-order valence-corrected chi connectivity index (χ2v) is 7.09. The first kappa shape index (κ1) is 14.5. The molecule has 1 saturated carbocycles. The molecule has 3 aromatic heterocycles. The van der Waals surface area contributed by atoms with Gasteiger partial charge in [0.05, 0.1) is 11.4 Å². The lowest BCUT2D eigenvalue weighted by atomic mass is 10.1. The fraction of sp³-hybridized carbons (Fsp3) is 0.412. The normalized spacial score (nSPS) is 15.8. The number of aryl methyl sites for hydroxylation is 3. The third kappa shape index (κ3) is 2.79. The maximum absolute atomic E-state index is 4.66. The van der Waals surface area contributed by atoms with E-state index in [9.17, 15) is 0 Å². The number of fused-ring (bicyclic) bond motifs is 1. The van der Waals surface area contributed by atoms with Crippen molar-refractivity contribution in [2.24, 2.45) is 5.92 Å². The molecule has 23 heavy (non-hydrogen) atoms. The van der Waals surface area contributed by atoms with Gasteiger partial charge in [0.2, 0.25) is 0 Å². The van der Waals surface area contributed by atoms with E-state index in [1.807, 2.05) is 26.1 Å². The molecule has 0 saturated heterocycles. The second kappa shape index (κ2) is 5.53. The lowest BCUT2D eigenvalue weighted by molar-refractivity contribution is 0.629. The largest absolute Gasteiger partial charge is 0.359 e. The first-order valence-electron chi connectivity index (χ1n) is 7.90. The molecule has 1 unspecified atom stereocenters. The van der Waals surface area contributed by atoms with Gasteiger partial charge in [-0.1, -0.05) is 0 Å². The van der Waals surface area contributed by atoms with Crippen LogP contribution < -0.4 is 5.32 Å². The highest BCUT2D eigenvalue weighted by Gasteiger charge is 2.35. The summed E-state index contributed by atoms with van der Waals surface area (Å²) in [6.45, 7) is 6.05. The maximum Gasteiger partial charge on any atom is 0.151 e. The van der Waals surface area contributed by atoms with Crippen LogP contribution in [-0.2, 0) is 0 Å². The minimum atomic E-state index is 0.117. The Morgan fingerprint density at radius 3 is 2.74 bits per heavy atom. The van der Waals surface area contributed by atoms with E-state index in [-0.39, 0.29) is 6.04 Å². The van der Waals surface area contributed by atoms with Crippen LogP contribution in [0, 0.1) is 26.7 Å². The summed E-state index contributed by atoms with van der Waals surface area (Å²) in [4.78, 5) is 19.4. The molecule has 0 aliphatic heterocycles. The highest BCUT2D eigenvalue weighted by atomic mass is 32.1. The van der Waals surface area contributed by atoms with Crippen LogP contribution in [0.1, 0.15) is 41.8 Å². The van der Waals surface area contributed by atoms with Gasteiger partial charge in [-0.15, -0.1) is 11.3 Å². The SMILES string of the molecule is Cc1ccnc(C(Nc2nc(C)nc3scc(C)c23)C2CC2)n1. The molecule has 0 aromatic carbocycles. The van der Waals surface area contributed by atoms with Crippen molar-refractivity contribution in [3.05, 3.63) is 40.5 Å². The van der Waals surface area contributed by atoms with Gasteiger partial charge in [-0.25, -0.2) is 19.9 Å². The summed E-state index contributed by atoms with van der Waals surface area (Å²) in [6, 6.07) is 2.05. The Labute approximate surface area is 139 Å². The molecule has 118 valence electrons. The summed E-state index contributed by atoms with van der Waals surface area (Å²) >= 11 is 1.67. The van der Waals surface area contributed by atoms with Crippen LogP contribution in [0.2, 0.25) is 0 Å². The number of thiophene rings is 1. The van der Waals surface area contributed by atoms with Crippen molar-refractivity contribution >= 4 is 27.4 Å². The van der Waals surface area contributed by atoms with Crippen LogP contribution in [0.3, 0.4) is 0 Å². The minimum Gasteiger partial charge on any atom is -0.359 e. The van der Waals surface area contributed by atoms with Crippen molar-refractivity contribution in [2.75, 3.05) is 5.32 Å². The number of hydrogen-bond acceptors (Lipinski definition) is 6. The van der Waals surface area contributed by atoms with E-state index in [0.717, 1.165) is 33.4 Å². The zero-order valence-corrected chi connectivity index (χ0v) is 14.3. The molecule has 0 bridgehead atoms. The smallest absolute Gasteiger partial charge is 0.151 e. The Balaban J connectivity index is 1.77. The Kier molecular flexibility index (Phi) is 3.49. The lowest BCUT2D eigenvalue weighted by Gasteiger charge is -2.19. The Hall–Kier alpha value is -2.08. The molecular weight excluding hydrogens is 306 g/mol. The van der Waals surface area contributed by atoms with Crippen molar-refractivity contribution < 1.29 is 0 Å². The van der Waals surface area contributed by atoms with Gasteiger partial charge in [0.1, 0.15) is 16.5 Å². The fourth-order valence-electron chi connectivity index (χ4n) is 2.88. The minimum absolute atomic E-state index is 0.117. The first-order valence-corrected chi connectivity index (χ1v) is 8.78. The highest BCUT2D eigenvalue weighted by molar-refractivity contribution is 7.17. The van der Waals surface area contributed by atoms with Crippen molar-refractivity contribution in [3.63, 3.8) is 0 Å². The summed E-state index contributed by atoms with van der Waals surface area (Å²) in [5, 5.41) is 6.89. The molecule has 3 aromatic rings. The van der Waals surface area contributed by atoms with Crippen LogP contribution in [0.5, 0.6) is 0 Å². The number of aromatic nitrogens is 4. The molecular formula is C17H19N5S. The predicted molar refractivity (Wildman–Crippen MR) is 92.7 cm³/mol. The van der Waals surface area contributed by atoms with Crippen LogP contribution in [-0.4, -0.2) is 19.9 Å². The van der Waals surface area contributed by atoms with Crippen molar-refractivity contribution in [3.8, 4) is 0 Å². The topological polar surface area (TPSA) is 63.6 Å². The molecule has 1 aliphatic carbocycles. The van der Waals surface area contributed by atoms with E-state index in [0.29, 0.717) is 5.92 Å². The van der Waals surface area contributed by atoms with E-state index in [1.54, 1.807) is 11.3 Å². The van der Waals surface area contributed by atoms with Crippen molar-refractivity contribution in [1.29, 1.82) is 0 Å². The molecule has 5 nitrogen and oxygen atoms in total. The van der Waals surface area contributed by atoms with Gasteiger partial charge in [0.25, 0.3) is 0 Å². The van der Waals surface area contributed by atoms with Gasteiger partial charge >= 0.3 is 0 Å². The average Bonchev–Trinajstić information content (AvgIpc) is 3.28. The molecule has 4 rings (SSSR count). The van der Waals surface area contributed by atoms with Gasteiger partial charge in [0.15, 0.2) is 5.82 Å². The molecule has 3 heterocycles. The summed E-state index contributed by atoms with van der Waals surface area (Å²) in [7, 11) is 0. The molecule has 1 fully saturated rings. The Morgan fingerprint density at radius 1 is 1.17 bits per heavy atom. The van der Waals surface area contributed by atoms with Gasteiger partial charge in [-0.2, -0.15) is 0 Å². The fourth-order valence-corrected chi connectivity index (χ4v) is 3.85. The van der Waals surface area contributed by atoms with E-state index < -0.39 is 0 Å². The van der Waals surface area contributed by atoms with Crippen molar-refractivity contribution in [2.45, 2.75) is 39.7 Å². The average molecular weight is 325 g/mol. The molecule has 1 aliphatic rings. The second-order valence-electron chi connectivity index (χ2n) is 6.23. The standard InChI is InChI=1S/C17H19N5S/c1-9-8-23-17-13(9)15(20-11(3)21-17)22-14(12-4-5-12)16-18-7-6-10(2)19-16/h6-8,12,14H,4-5H2,1-3H3,(H,20,21,22). The lowest BCUT2D eigenvalue weighted by Crippen LogP contribution is -2.18. The number of hydrogen-bond donors (Lipinski definition) is 1. The third-order valence-corrected chi connectivity index (χ3v) is 5.20. The van der Waals surface area contributed by atoms with Gasteiger partial charge in [-0.3, -0.25) is 0 Å². The summed E-state index contributed by atoms with van der Waals surface area (Å²) in [6.07, 6.45) is 4.26. The van der Waals surface area contributed by atoms with Gasteiger partial charge < -0.3 is 5.32 Å². The predicted octanol–water partition coefficient (Wildman–Crippen LogP) is 3.97. The molecule has 1 N–H and O–H groups in total. The number of anilines is 1. The zero-order valence-electron chi connectivity index (χ0n) is 13.5. The quantitative estimate of drug-likeness (QED) is 0.786. The molecule has 0 amide bonds. The van der Waals surface area contributed by atoms with E-state index >= 15 is 0 Å². The molecule has 1 atom stereocenters.